The van der Waals surface area contributed by atoms with Crippen molar-refractivity contribution in [1.82, 2.24) is 0 Å². The largest absolute Gasteiger partial charge is 0.463 e. The van der Waals surface area contributed by atoms with E-state index in [1.807, 2.05) is 0 Å². The monoisotopic (exact) mass is 176 g/mol. The summed E-state index contributed by atoms with van der Waals surface area (Å²) >= 11 is 0. The van der Waals surface area contributed by atoms with Gasteiger partial charge in [-0.25, -0.2) is 0 Å². The normalized spacial score (nSPS) is 8.33. The Labute approximate surface area is 75.1 Å². The van der Waals surface area contributed by atoms with Crippen molar-refractivity contribution in [2.24, 2.45) is 0 Å². The quantitative estimate of drug-likeness (QED) is 0.485. The van der Waals surface area contributed by atoms with Gasteiger partial charge in [0.15, 0.2) is 0 Å². The highest BCUT2D eigenvalue weighted by Crippen LogP contribution is 1.76. The van der Waals surface area contributed by atoms with Gasteiger partial charge in [-0.1, -0.05) is 26.7 Å². The second-order valence-electron chi connectivity index (χ2n) is 2.33. The van der Waals surface area contributed by atoms with Crippen LogP contribution in [0.4, 0.5) is 0 Å². The van der Waals surface area contributed by atoms with Crippen LogP contribution >= 0.6 is 0 Å². The van der Waals surface area contributed by atoms with Gasteiger partial charge in [0.1, 0.15) is 6.61 Å². The molecule has 0 N–H and O–H groups in total. The van der Waals surface area contributed by atoms with Gasteiger partial charge in [-0.3, -0.25) is 4.79 Å². The molecule has 12 heavy (non-hydrogen) atoms. The molecule has 0 amide bonds. The van der Waals surface area contributed by atoms with Gasteiger partial charge in [0.25, 0.3) is 0 Å². The van der Waals surface area contributed by atoms with Gasteiger partial charge in [-0.15, -0.1) is 0 Å². The van der Waals surface area contributed by atoms with Gasteiger partial charge in [0.2, 0.25) is 0 Å². The lowest BCUT2D eigenvalue weighted by molar-refractivity contribution is -0.142. The molecule has 0 unspecified atom stereocenters. The Morgan fingerprint density at radius 3 is 1.92 bits per heavy atom. The summed E-state index contributed by atoms with van der Waals surface area (Å²) in [5.74, 6) is -0.262. The molecule has 3 heteroatoms. The van der Waals surface area contributed by atoms with Crippen molar-refractivity contribution in [2.75, 3.05) is 20.3 Å². The molecule has 0 aromatic carbocycles. The van der Waals surface area contributed by atoms with E-state index in [-0.39, 0.29) is 5.97 Å². The van der Waals surface area contributed by atoms with E-state index in [0.29, 0.717) is 13.2 Å². The van der Waals surface area contributed by atoms with Crippen LogP contribution in [-0.4, -0.2) is 26.3 Å². The molecule has 0 aromatic heterocycles. The Hall–Kier alpha value is -0.570. The molecule has 0 fully saturated rings. The van der Waals surface area contributed by atoms with Crippen LogP contribution in [0, 0.1) is 0 Å². The molecule has 0 heterocycles. The summed E-state index contributed by atoms with van der Waals surface area (Å²) < 4.78 is 9.13. The lowest BCUT2D eigenvalue weighted by Gasteiger charge is -1.97. The summed E-state index contributed by atoms with van der Waals surface area (Å²) in [6, 6.07) is 0. The second-order valence-corrected chi connectivity index (χ2v) is 2.33. The summed E-state index contributed by atoms with van der Waals surface area (Å²) in [4.78, 5) is 10.0. The minimum Gasteiger partial charge on any atom is -0.463 e. The molecule has 0 aliphatic heterocycles. The Bertz CT molecular complexity index is 89.8. The Balaban J connectivity index is 0. The van der Waals surface area contributed by atoms with Crippen molar-refractivity contribution in [3.8, 4) is 0 Å². The molecule has 0 radical (unpaired) electrons. The van der Waals surface area contributed by atoms with Gasteiger partial charge in [-0.05, 0) is 0 Å². The number of hydrogen-bond acceptors (Lipinski definition) is 3. The molecule has 0 aliphatic rings. The average molecular weight is 176 g/mol. The number of hydrogen-bond donors (Lipinski definition) is 0. The molecular formula is C9H20O3. The minimum absolute atomic E-state index is 0.262. The van der Waals surface area contributed by atoms with Gasteiger partial charge in [0, 0.05) is 14.0 Å². The maximum atomic E-state index is 10.0. The van der Waals surface area contributed by atoms with Crippen molar-refractivity contribution >= 4 is 5.97 Å². The first-order valence-corrected chi connectivity index (χ1v) is 4.31. The highest BCUT2D eigenvalue weighted by atomic mass is 16.6. The number of carbonyl (C=O) groups is 1. The van der Waals surface area contributed by atoms with Crippen LogP contribution in [0.2, 0.25) is 0 Å². The van der Waals surface area contributed by atoms with Crippen LogP contribution in [0.15, 0.2) is 0 Å². The summed E-state index contributed by atoms with van der Waals surface area (Å²) in [5, 5.41) is 0. The van der Waals surface area contributed by atoms with Gasteiger partial charge in [0.05, 0.1) is 6.61 Å². The van der Waals surface area contributed by atoms with Crippen molar-refractivity contribution in [2.45, 2.75) is 33.6 Å². The number of methoxy groups -OCH3 is 1. The van der Waals surface area contributed by atoms with Crippen molar-refractivity contribution in [3.63, 3.8) is 0 Å². The van der Waals surface area contributed by atoms with Crippen LogP contribution in [-0.2, 0) is 14.3 Å². The Kier molecular flexibility index (Phi) is 15.2. The zero-order chi connectivity index (χ0) is 9.82. The van der Waals surface area contributed by atoms with Crippen molar-refractivity contribution in [1.29, 1.82) is 0 Å². The summed E-state index contributed by atoms with van der Waals surface area (Å²) in [6.07, 6.45) is 2.64. The number of esters is 1. The SMILES string of the molecule is CCCC.COCCOC(C)=O. The maximum absolute atomic E-state index is 10.0. The molecule has 0 aromatic rings. The predicted octanol–water partition coefficient (Wildman–Crippen LogP) is 2.00. The molecular weight excluding hydrogens is 156 g/mol. The third-order valence-electron chi connectivity index (χ3n) is 1.09. The summed E-state index contributed by atoms with van der Waals surface area (Å²) in [5.41, 5.74) is 0. The lowest BCUT2D eigenvalue weighted by atomic mass is 10.4. The fourth-order valence-electron chi connectivity index (χ4n) is 0.269. The molecule has 0 rings (SSSR count). The van der Waals surface area contributed by atoms with E-state index in [1.54, 1.807) is 7.11 Å². The van der Waals surface area contributed by atoms with E-state index in [1.165, 1.54) is 19.8 Å². The highest BCUT2D eigenvalue weighted by molar-refractivity contribution is 5.65. The first-order chi connectivity index (χ1) is 5.68. The van der Waals surface area contributed by atoms with Crippen LogP contribution in [0.5, 0.6) is 0 Å². The standard InChI is InChI=1S/C5H10O3.C4H10/c1-5(6)8-4-3-7-2;1-3-4-2/h3-4H2,1-2H3;3-4H2,1-2H3. The van der Waals surface area contributed by atoms with E-state index in [4.69, 9.17) is 0 Å². The van der Waals surface area contributed by atoms with Crippen LogP contribution in [0.25, 0.3) is 0 Å². The summed E-state index contributed by atoms with van der Waals surface area (Å²) in [7, 11) is 1.56. The molecule has 0 atom stereocenters. The van der Waals surface area contributed by atoms with Crippen LogP contribution in [0.1, 0.15) is 33.6 Å². The molecule has 0 spiro atoms. The number of rotatable bonds is 4. The van der Waals surface area contributed by atoms with E-state index in [0.717, 1.165) is 0 Å². The van der Waals surface area contributed by atoms with E-state index in [2.05, 4.69) is 23.3 Å². The lowest BCUT2D eigenvalue weighted by Crippen LogP contribution is -2.05. The van der Waals surface area contributed by atoms with E-state index in [9.17, 15) is 4.79 Å². The molecule has 0 aliphatic carbocycles. The van der Waals surface area contributed by atoms with Gasteiger partial charge < -0.3 is 9.47 Å². The molecule has 3 nitrogen and oxygen atoms in total. The number of carbonyl (C=O) groups excluding carboxylic acids is 1. The fourth-order valence-corrected chi connectivity index (χ4v) is 0.269. The number of unbranched alkanes of at least 4 members (excludes halogenated alkanes) is 1. The Morgan fingerprint density at radius 2 is 1.67 bits per heavy atom. The highest BCUT2D eigenvalue weighted by Gasteiger charge is 1.88. The third-order valence-corrected chi connectivity index (χ3v) is 1.09. The van der Waals surface area contributed by atoms with E-state index < -0.39 is 0 Å². The Morgan fingerprint density at radius 1 is 1.17 bits per heavy atom. The first-order valence-electron chi connectivity index (χ1n) is 4.31. The fraction of sp³-hybridized carbons (Fsp3) is 0.889. The first kappa shape index (κ1) is 14.0. The minimum atomic E-state index is -0.262. The van der Waals surface area contributed by atoms with Crippen molar-refractivity contribution < 1.29 is 14.3 Å². The zero-order valence-electron chi connectivity index (χ0n) is 8.55. The van der Waals surface area contributed by atoms with Crippen LogP contribution in [0.3, 0.4) is 0 Å². The molecule has 0 saturated heterocycles. The smallest absolute Gasteiger partial charge is 0.302 e. The molecule has 0 bridgehead atoms. The second kappa shape index (κ2) is 13.1. The topological polar surface area (TPSA) is 35.5 Å². The van der Waals surface area contributed by atoms with Crippen molar-refractivity contribution in [3.05, 3.63) is 0 Å². The van der Waals surface area contributed by atoms with E-state index >= 15 is 0 Å². The van der Waals surface area contributed by atoms with Crippen LogP contribution < -0.4 is 0 Å². The van der Waals surface area contributed by atoms with Gasteiger partial charge >= 0.3 is 5.97 Å². The third kappa shape index (κ3) is 22.7. The number of ether oxygens (including phenoxy) is 2. The molecule has 0 saturated carbocycles. The van der Waals surface area contributed by atoms with Gasteiger partial charge in [-0.2, -0.15) is 0 Å². The zero-order valence-corrected chi connectivity index (χ0v) is 8.55. The average Bonchev–Trinajstić information content (AvgIpc) is 2.05. The summed E-state index contributed by atoms with van der Waals surface area (Å²) in [6.45, 7) is 6.56. The predicted molar refractivity (Wildman–Crippen MR) is 49.1 cm³/mol. The molecule has 74 valence electrons. The maximum Gasteiger partial charge on any atom is 0.302 e.